The molecule has 1 heteroatoms. The maximum Gasteiger partial charge on any atom is -0.00423 e. The third kappa shape index (κ3) is 4.32. The first-order valence-corrected chi connectivity index (χ1v) is 4.67. The summed E-state index contributed by atoms with van der Waals surface area (Å²) in [7, 11) is 0. The fourth-order valence-electron chi connectivity index (χ4n) is 1.18. The van der Waals surface area contributed by atoms with Gasteiger partial charge in [-0.25, -0.2) is 0 Å². The highest BCUT2D eigenvalue weighted by molar-refractivity contribution is 5.54. The van der Waals surface area contributed by atoms with Crippen molar-refractivity contribution in [3.8, 4) is 0 Å². The zero-order chi connectivity index (χ0) is 9.61. The van der Waals surface area contributed by atoms with Gasteiger partial charge in [-0.05, 0) is 37.8 Å². The lowest BCUT2D eigenvalue weighted by Gasteiger charge is -2.26. The van der Waals surface area contributed by atoms with Crippen molar-refractivity contribution in [2.45, 2.75) is 46.5 Å². The van der Waals surface area contributed by atoms with Gasteiger partial charge in [0.15, 0.2) is 0 Å². The van der Waals surface area contributed by atoms with E-state index in [1.807, 2.05) is 0 Å². The van der Waals surface area contributed by atoms with Gasteiger partial charge in [-0.3, -0.25) is 0 Å². The van der Waals surface area contributed by atoms with E-state index in [1.54, 1.807) is 0 Å². The molecule has 1 N–H and O–H groups in total. The predicted molar refractivity (Wildman–Crippen MR) is 55.8 cm³/mol. The van der Waals surface area contributed by atoms with Crippen LogP contribution in [0.5, 0.6) is 0 Å². The van der Waals surface area contributed by atoms with Crippen molar-refractivity contribution >= 4 is 6.21 Å². The normalized spacial score (nSPS) is 15.2. The molecule has 0 aliphatic rings. The van der Waals surface area contributed by atoms with Gasteiger partial charge in [0.1, 0.15) is 0 Å². The molecule has 0 saturated heterocycles. The molecule has 0 bridgehead atoms. The number of nitrogens with one attached hydrogen (secondary N) is 1. The van der Waals surface area contributed by atoms with Crippen LogP contribution in [0.2, 0.25) is 0 Å². The second-order valence-corrected chi connectivity index (χ2v) is 4.03. The van der Waals surface area contributed by atoms with Gasteiger partial charge < -0.3 is 5.41 Å². The Balaban J connectivity index is 3.94. The van der Waals surface area contributed by atoms with Crippen molar-refractivity contribution in [1.82, 2.24) is 0 Å². The van der Waals surface area contributed by atoms with Gasteiger partial charge in [-0.2, -0.15) is 0 Å². The van der Waals surface area contributed by atoms with Crippen LogP contribution in [0.25, 0.3) is 0 Å². The molecule has 0 rings (SSSR count). The first-order valence-electron chi connectivity index (χ1n) is 4.67. The first kappa shape index (κ1) is 11.4. The molecule has 1 nitrogen and oxygen atoms in total. The lowest BCUT2D eigenvalue weighted by atomic mass is 9.79. The lowest BCUT2D eigenvalue weighted by Crippen LogP contribution is -2.15. The Bertz CT molecular complexity index is 160. The largest absolute Gasteiger partial charge is 0.313 e. The van der Waals surface area contributed by atoms with Crippen LogP contribution in [-0.4, -0.2) is 6.21 Å². The number of hydrogen-bond donors (Lipinski definition) is 1. The SMILES string of the molecule is C=C(C)CCC(C)(CC)CC=N. The molecule has 0 aromatic heterocycles. The number of rotatable bonds is 6. The third-order valence-electron chi connectivity index (χ3n) is 2.60. The van der Waals surface area contributed by atoms with Crippen LogP contribution in [0.3, 0.4) is 0 Å². The summed E-state index contributed by atoms with van der Waals surface area (Å²) in [5.41, 5.74) is 1.57. The monoisotopic (exact) mass is 167 g/mol. The Morgan fingerprint density at radius 3 is 2.50 bits per heavy atom. The minimum Gasteiger partial charge on any atom is -0.313 e. The molecular formula is C11H21N. The van der Waals surface area contributed by atoms with Gasteiger partial charge in [-0.15, -0.1) is 6.58 Å². The smallest absolute Gasteiger partial charge is 0.00423 e. The fraction of sp³-hybridized carbons (Fsp3) is 0.727. The van der Waals surface area contributed by atoms with Crippen LogP contribution in [0.4, 0.5) is 0 Å². The van der Waals surface area contributed by atoms with Crippen LogP contribution in [0, 0.1) is 10.8 Å². The standard InChI is InChI=1S/C11H21N/c1-5-11(4,8-9-12)7-6-10(2)3/h9,12H,2,5-8H2,1,3-4H3. The van der Waals surface area contributed by atoms with E-state index in [1.165, 1.54) is 11.8 Å². The Morgan fingerprint density at radius 1 is 1.58 bits per heavy atom. The zero-order valence-electron chi connectivity index (χ0n) is 8.61. The van der Waals surface area contributed by atoms with E-state index in [0.29, 0.717) is 5.41 Å². The number of allylic oxidation sites excluding steroid dienone is 1. The van der Waals surface area contributed by atoms with E-state index < -0.39 is 0 Å². The summed E-state index contributed by atoms with van der Waals surface area (Å²) in [4.78, 5) is 0. The zero-order valence-corrected chi connectivity index (χ0v) is 8.61. The highest BCUT2D eigenvalue weighted by atomic mass is 14.4. The summed E-state index contributed by atoms with van der Waals surface area (Å²) in [6.45, 7) is 10.4. The van der Waals surface area contributed by atoms with E-state index in [-0.39, 0.29) is 0 Å². The van der Waals surface area contributed by atoms with Crippen molar-refractivity contribution in [3.05, 3.63) is 12.2 Å². The van der Waals surface area contributed by atoms with Crippen molar-refractivity contribution in [2.75, 3.05) is 0 Å². The molecule has 0 spiro atoms. The second-order valence-electron chi connectivity index (χ2n) is 4.03. The molecule has 0 radical (unpaired) electrons. The first-order chi connectivity index (χ1) is 5.54. The van der Waals surface area contributed by atoms with Crippen molar-refractivity contribution in [3.63, 3.8) is 0 Å². The molecule has 0 aliphatic carbocycles. The van der Waals surface area contributed by atoms with E-state index in [2.05, 4.69) is 27.4 Å². The molecule has 0 fully saturated rings. The summed E-state index contributed by atoms with van der Waals surface area (Å²) >= 11 is 0. The van der Waals surface area contributed by atoms with Crippen LogP contribution in [-0.2, 0) is 0 Å². The molecule has 70 valence electrons. The maximum absolute atomic E-state index is 7.10. The molecule has 0 aliphatic heterocycles. The Hall–Kier alpha value is -0.590. The summed E-state index contributed by atoms with van der Waals surface area (Å²) in [5.74, 6) is 0. The van der Waals surface area contributed by atoms with Gasteiger partial charge in [0.25, 0.3) is 0 Å². The molecule has 0 amide bonds. The van der Waals surface area contributed by atoms with Gasteiger partial charge in [-0.1, -0.05) is 25.8 Å². The summed E-state index contributed by atoms with van der Waals surface area (Å²) in [5, 5.41) is 7.10. The van der Waals surface area contributed by atoms with Crippen molar-refractivity contribution < 1.29 is 0 Å². The van der Waals surface area contributed by atoms with Gasteiger partial charge >= 0.3 is 0 Å². The summed E-state index contributed by atoms with van der Waals surface area (Å²) in [6.07, 6.45) is 5.83. The van der Waals surface area contributed by atoms with E-state index >= 15 is 0 Å². The molecule has 0 saturated carbocycles. The lowest BCUT2D eigenvalue weighted by molar-refractivity contribution is 0.300. The predicted octanol–water partition coefficient (Wildman–Crippen LogP) is 3.80. The Morgan fingerprint density at radius 2 is 2.17 bits per heavy atom. The average molecular weight is 167 g/mol. The van der Waals surface area contributed by atoms with Crippen LogP contribution >= 0.6 is 0 Å². The van der Waals surface area contributed by atoms with Gasteiger partial charge in [0, 0.05) is 0 Å². The Kier molecular flexibility index (Phi) is 4.87. The molecule has 1 atom stereocenters. The molecule has 0 aromatic carbocycles. The molecule has 0 heterocycles. The van der Waals surface area contributed by atoms with Crippen LogP contribution < -0.4 is 0 Å². The highest BCUT2D eigenvalue weighted by Gasteiger charge is 2.19. The topological polar surface area (TPSA) is 23.9 Å². The maximum atomic E-state index is 7.10. The minimum absolute atomic E-state index is 0.320. The molecule has 12 heavy (non-hydrogen) atoms. The fourth-order valence-corrected chi connectivity index (χ4v) is 1.18. The van der Waals surface area contributed by atoms with Gasteiger partial charge in [0.2, 0.25) is 0 Å². The van der Waals surface area contributed by atoms with Crippen LogP contribution in [0.1, 0.15) is 46.5 Å². The van der Waals surface area contributed by atoms with E-state index in [0.717, 1.165) is 25.7 Å². The van der Waals surface area contributed by atoms with E-state index in [4.69, 9.17) is 5.41 Å². The van der Waals surface area contributed by atoms with Crippen molar-refractivity contribution in [1.29, 1.82) is 5.41 Å². The summed E-state index contributed by atoms with van der Waals surface area (Å²) < 4.78 is 0. The second kappa shape index (κ2) is 5.13. The average Bonchev–Trinajstić information content (AvgIpc) is 2.02. The summed E-state index contributed by atoms with van der Waals surface area (Å²) in [6, 6.07) is 0. The highest BCUT2D eigenvalue weighted by Crippen LogP contribution is 2.31. The van der Waals surface area contributed by atoms with E-state index in [9.17, 15) is 0 Å². The molecule has 1 unspecified atom stereocenters. The Labute approximate surface area is 76.4 Å². The van der Waals surface area contributed by atoms with Crippen LogP contribution in [0.15, 0.2) is 12.2 Å². The third-order valence-corrected chi connectivity index (χ3v) is 2.60. The van der Waals surface area contributed by atoms with Gasteiger partial charge in [0.05, 0.1) is 0 Å². The minimum atomic E-state index is 0.320. The molecule has 0 aromatic rings. The number of hydrogen-bond acceptors (Lipinski definition) is 1. The van der Waals surface area contributed by atoms with Crippen molar-refractivity contribution in [2.24, 2.45) is 5.41 Å². The molecular weight excluding hydrogens is 146 g/mol. The quantitative estimate of drug-likeness (QED) is 0.459.